The van der Waals surface area contributed by atoms with Crippen LogP contribution in [-0.2, 0) is 6.42 Å². The van der Waals surface area contributed by atoms with Gasteiger partial charge in [0, 0.05) is 28.6 Å². The van der Waals surface area contributed by atoms with Gasteiger partial charge in [-0.2, -0.15) is 0 Å². The second kappa shape index (κ2) is 12.2. The van der Waals surface area contributed by atoms with Gasteiger partial charge in [0.2, 0.25) is 5.56 Å². The van der Waals surface area contributed by atoms with Crippen LogP contribution in [0.1, 0.15) is 54.3 Å². The molecule has 3 unspecified atom stereocenters. The Balaban J connectivity index is 1.55. The fraction of sp³-hybridized carbons (Fsp3) is 0.267. The molecule has 4 rings (SSSR count). The molecule has 0 fully saturated rings. The number of H-pyrrole nitrogens is 1. The number of aliphatic hydroxyl groups is 1. The number of pyridine rings is 1. The van der Waals surface area contributed by atoms with Gasteiger partial charge in [0.25, 0.3) is 0 Å². The summed E-state index contributed by atoms with van der Waals surface area (Å²) in [5.74, 6) is -0.364. The van der Waals surface area contributed by atoms with Crippen molar-refractivity contribution >= 4 is 28.5 Å². The van der Waals surface area contributed by atoms with Gasteiger partial charge in [-0.25, -0.2) is 4.79 Å². The van der Waals surface area contributed by atoms with Crippen LogP contribution in [-0.4, -0.2) is 28.1 Å². The first-order chi connectivity index (χ1) is 17.9. The summed E-state index contributed by atoms with van der Waals surface area (Å²) < 4.78 is 5.62. The Morgan fingerprint density at radius 3 is 2.46 bits per heavy atom. The first-order valence-corrected chi connectivity index (χ1v) is 12.8. The summed E-state index contributed by atoms with van der Waals surface area (Å²) >= 11 is 5.91. The highest BCUT2D eigenvalue weighted by Crippen LogP contribution is 2.32. The molecule has 3 aromatic carbocycles. The van der Waals surface area contributed by atoms with E-state index in [0.717, 1.165) is 12.8 Å². The van der Waals surface area contributed by atoms with Crippen molar-refractivity contribution in [3.05, 3.63) is 111 Å². The summed E-state index contributed by atoms with van der Waals surface area (Å²) in [5.41, 5.74) is 2.29. The molecule has 3 N–H and O–H groups in total. The Bertz CT molecular complexity index is 1400. The third kappa shape index (κ3) is 6.66. The normalized spacial score (nSPS) is 13.7. The average Bonchev–Trinajstić information content (AvgIpc) is 2.91. The predicted octanol–water partition coefficient (Wildman–Crippen LogP) is 5.82. The van der Waals surface area contributed by atoms with Crippen molar-refractivity contribution in [1.29, 1.82) is 0 Å². The Morgan fingerprint density at radius 1 is 1.03 bits per heavy atom. The molecule has 0 bridgehead atoms. The van der Waals surface area contributed by atoms with Crippen molar-refractivity contribution in [2.24, 2.45) is 0 Å². The average molecular weight is 519 g/mol. The zero-order valence-corrected chi connectivity index (χ0v) is 21.7. The zero-order chi connectivity index (χ0) is 26.4. The molecule has 0 amide bonds. The lowest BCUT2D eigenvalue weighted by atomic mass is 9.95. The number of aromatic amines is 1. The molecule has 0 radical (unpaired) electrons. The van der Waals surface area contributed by atoms with Crippen molar-refractivity contribution in [1.82, 2.24) is 10.3 Å². The number of hydrogen-bond donors (Lipinski definition) is 3. The molecule has 192 valence electrons. The van der Waals surface area contributed by atoms with E-state index in [1.807, 2.05) is 25.1 Å². The number of rotatable bonds is 10. The summed E-state index contributed by atoms with van der Waals surface area (Å²) in [6.07, 6.45) is 1.74. The number of aromatic nitrogens is 1. The first kappa shape index (κ1) is 26.6. The number of nitrogens with one attached hydrogen (secondary N) is 2. The molecule has 0 aliphatic carbocycles. The van der Waals surface area contributed by atoms with Gasteiger partial charge in [-0.15, -0.1) is 0 Å². The largest absolute Gasteiger partial charge is 0.421 e. The lowest BCUT2D eigenvalue weighted by Crippen LogP contribution is -2.40. The lowest BCUT2D eigenvalue weighted by Gasteiger charge is -2.28. The van der Waals surface area contributed by atoms with E-state index in [4.69, 9.17) is 16.3 Å². The number of benzene rings is 3. The smallest absolute Gasteiger partial charge is 0.343 e. The summed E-state index contributed by atoms with van der Waals surface area (Å²) in [6, 6.07) is 23.1. The molecule has 0 aliphatic heterocycles. The fourth-order valence-corrected chi connectivity index (χ4v) is 4.59. The SMILES string of the molecule is CCC(NC(C)CCc1ccccc1)C(O)c1ccc(OC(=O)c2ccc(Cl)cc2)c2[nH]c(=O)ccc12. The molecule has 1 heterocycles. The predicted molar refractivity (Wildman–Crippen MR) is 147 cm³/mol. The number of esters is 1. The van der Waals surface area contributed by atoms with Crippen LogP contribution in [0, 0.1) is 0 Å². The van der Waals surface area contributed by atoms with Crippen molar-refractivity contribution < 1.29 is 14.6 Å². The molecule has 0 aliphatic rings. The van der Waals surface area contributed by atoms with Crippen molar-refractivity contribution in [2.45, 2.75) is 51.3 Å². The second-order valence-corrected chi connectivity index (χ2v) is 9.65. The van der Waals surface area contributed by atoms with Crippen LogP contribution >= 0.6 is 11.6 Å². The van der Waals surface area contributed by atoms with E-state index in [1.165, 1.54) is 11.6 Å². The molecular weight excluding hydrogens is 488 g/mol. The van der Waals surface area contributed by atoms with Gasteiger partial charge in [0.05, 0.1) is 17.2 Å². The summed E-state index contributed by atoms with van der Waals surface area (Å²) in [4.78, 5) is 27.6. The molecule has 1 aromatic heterocycles. The van der Waals surface area contributed by atoms with E-state index >= 15 is 0 Å². The Kier molecular flexibility index (Phi) is 8.77. The number of ether oxygens (including phenoxy) is 1. The van der Waals surface area contributed by atoms with Crippen LogP contribution in [0.25, 0.3) is 10.9 Å². The highest BCUT2D eigenvalue weighted by molar-refractivity contribution is 6.30. The zero-order valence-electron chi connectivity index (χ0n) is 20.9. The van der Waals surface area contributed by atoms with Gasteiger partial charge >= 0.3 is 5.97 Å². The number of aliphatic hydroxyl groups excluding tert-OH is 1. The van der Waals surface area contributed by atoms with Gasteiger partial charge in [-0.1, -0.05) is 54.9 Å². The van der Waals surface area contributed by atoms with Crippen molar-refractivity contribution in [3.63, 3.8) is 0 Å². The molecule has 0 spiro atoms. The van der Waals surface area contributed by atoms with E-state index in [0.29, 0.717) is 33.5 Å². The van der Waals surface area contributed by atoms with E-state index in [2.05, 4.69) is 29.4 Å². The third-order valence-corrected chi connectivity index (χ3v) is 6.77. The minimum absolute atomic E-state index is 0.186. The van der Waals surface area contributed by atoms with Crippen LogP contribution in [0.4, 0.5) is 0 Å². The third-order valence-electron chi connectivity index (χ3n) is 6.52. The molecule has 3 atom stereocenters. The minimum atomic E-state index is -0.835. The molecule has 7 heteroatoms. The lowest BCUT2D eigenvalue weighted by molar-refractivity contribution is 0.0736. The maximum atomic E-state index is 12.7. The molecule has 6 nitrogen and oxygen atoms in total. The van der Waals surface area contributed by atoms with Crippen molar-refractivity contribution in [3.8, 4) is 5.75 Å². The van der Waals surface area contributed by atoms with Crippen LogP contribution in [0.5, 0.6) is 5.75 Å². The first-order valence-electron chi connectivity index (χ1n) is 12.5. The second-order valence-electron chi connectivity index (χ2n) is 9.21. The van der Waals surface area contributed by atoms with Crippen LogP contribution < -0.4 is 15.6 Å². The number of halogens is 1. The minimum Gasteiger partial charge on any atom is -0.421 e. The Morgan fingerprint density at radius 2 is 1.76 bits per heavy atom. The standard InChI is InChI=1S/C30H31ClN2O4/c1-3-25(32-19(2)9-10-20-7-5-4-6-8-20)29(35)24-15-17-26(28-23(24)16-18-27(34)33-28)37-30(36)21-11-13-22(31)14-12-21/h4-8,11-19,25,29,32,35H,3,9-10H2,1-2H3,(H,33,34). The molecule has 37 heavy (non-hydrogen) atoms. The Hall–Kier alpha value is -3.45. The molecule has 0 saturated heterocycles. The quantitative estimate of drug-likeness (QED) is 0.182. The summed E-state index contributed by atoms with van der Waals surface area (Å²) in [7, 11) is 0. The number of fused-ring (bicyclic) bond motifs is 1. The van der Waals surface area contributed by atoms with Gasteiger partial charge in [-0.05, 0) is 73.7 Å². The van der Waals surface area contributed by atoms with Gasteiger partial charge in [-0.3, -0.25) is 4.79 Å². The summed E-state index contributed by atoms with van der Waals surface area (Å²) in [5, 5.41) is 16.1. The number of aryl methyl sites for hydroxylation is 1. The van der Waals surface area contributed by atoms with E-state index in [9.17, 15) is 14.7 Å². The highest BCUT2D eigenvalue weighted by atomic mass is 35.5. The molecular formula is C30H31ClN2O4. The van der Waals surface area contributed by atoms with Gasteiger partial charge in [0.1, 0.15) is 0 Å². The number of carbonyl (C=O) groups excluding carboxylic acids is 1. The van der Waals surface area contributed by atoms with Crippen molar-refractivity contribution in [2.75, 3.05) is 0 Å². The molecule has 4 aromatic rings. The van der Waals surface area contributed by atoms with Crippen LogP contribution in [0.3, 0.4) is 0 Å². The van der Waals surface area contributed by atoms with Gasteiger partial charge < -0.3 is 20.1 Å². The number of hydrogen-bond acceptors (Lipinski definition) is 5. The maximum absolute atomic E-state index is 12.7. The monoisotopic (exact) mass is 518 g/mol. The van der Waals surface area contributed by atoms with E-state index < -0.39 is 12.1 Å². The van der Waals surface area contributed by atoms with E-state index in [1.54, 1.807) is 42.5 Å². The topological polar surface area (TPSA) is 91.4 Å². The highest BCUT2D eigenvalue weighted by Gasteiger charge is 2.24. The van der Waals surface area contributed by atoms with Gasteiger partial charge in [0.15, 0.2) is 5.75 Å². The number of carbonyl (C=O) groups is 1. The Labute approximate surface area is 221 Å². The molecule has 0 saturated carbocycles. The summed E-state index contributed by atoms with van der Waals surface area (Å²) in [6.45, 7) is 4.14. The maximum Gasteiger partial charge on any atom is 0.343 e. The van der Waals surface area contributed by atoms with E-state index in [-0.39, 0.29) is 23.4 Å². The fourth-order valence-electron chi connectivity index (χ4n) is 4.46. The van der Waals surface area contributed by atoms with Crippen LogP contribution in [0.15, 0.2) is 83.7 Å². The van der Waals surface area contributed by atoms with Crippen LogP contribution in [0.2, 0.25) is 5.02 Å².